The minimum absolute atomic E-state index is 0.0617. The first kappa shape index (κ1) is 16.1. The summed E-state index contributed by atoms with van der Waals surface area (Å²) in [4.78, 5) is 13.9. The lowest BCUT2D eigenvalue weighted by Gasteiger charge is -2.32. The van der Waals surface area contributed by atoms with Gasteiger partial charge in [-0.25, -0.2) is 13.1 Å². The van der Waals surface area contributed by atoms with Crippen LogP contribution in [0.1, 0.15) is 24.6 Å². The first-order valence-corrected chi connectivity index (χ1v) is 9.46. The molecule has 0 bridgehead atoms. The highest BCUT2D eigenvalue weighted by Crippen LogP contribution is 2.21. The maximum Gasteiger partial charge on any atom is 0.250 e. The summed E-state index contributed by atoms with van der Waals surface area (Å²) >= 11 is 1.11. The largest absolute Gasteiger partial charge is 0.332 e. The van der Waals surface area contributed by atoms with Crippen LogP contribution in [-0.4, -0.2) is 47.1 Å². The summed E-state index contributed by atoms with van der Waals surface area (Å²) in [5.74, 6) is 1.26. The second-order valence-corrected chi connectivity index (χ2v) is 8.35. The van der Waals surface area contributed by atoms with E-state index in [1.165, 1.54) is 6.07 Å². The Balaban J connectivity index is 1.66. The summed E-state index contributed by atoms with van der Waals surface area (Å²) < 4.78 is 28.6. The molecule has 3 heterocycles. The lowest BCUT2D eigenvalue weighted by molar-refractivity contribution is -0.131. The standard InChI is InChI=1S/C13H17N5O3S2/c1-9-7-17(8-11-16-15-10(2)18(9)11)12(19)6-14-23(20,21)13-4-3-5-22-13/h3-5,9,14H,6-8H2,1-2H3/t9-/m0/s1. The molecule has 10 heteroatoms. The van der Waals surface area contributed by atoms with Gasteiger partial charge in [-0.2, -0.15) is 0 Å². The van der Waals surface area contributed by atoms with Crippen LogP contribution in [0.25, 0.3) is 0 Å². The number of fused-ring (bicyclic) bond motifs is 1. The van der Waals surface area contributed by atoms with Crippen molar-refractivity contribution in [2.75, 3.05) is 13.1 Å². The van der Waals surface area contributed by atoms with Crippen molar-refractivity contribution in [3.8, 4) is 0 Å². The topological polar surface area (TPSA) is 97.2 Å². The quantitative estimate of drug-likeness (QED) is 0.863. The van der Waals surface area contributed by atoms with Gasteiger partial charge in [0.05, 0.1) is 19.1 Å². The van der Waals surface area contributed by atoms with Gasteiger partial charge in [-0.05, 0) is 25.3 Å². The lowest BCUT2D eigenvalue weighted by atomic mass is 10.2. The second-order valence-electron chi connectivity index (χ2n) is 5.41. The fraction of sp³-hybridized carbons (Fsp3) is 0.462. The average Bonchev–Trinajstić information content (AvgIpc) is 3.15. The molecular formula is C13H17N5O3S2. The van der Waals surface area contributed by atoms with Gasteiger partial charge in [-0.1, -0.05) is 6.07 Å². The molecule has 3 rings (SSSR count). The van der Waals surface area contributed by atoms with Gasteiger partial charge in [0, 0.05) is 6.54 Å². The lowest BCUT2D eigenvalue weighted by Crippen LogP contribution is -2.45. The summed E-state index contributed by atoms with van der Waals surface area (Å²) in [7, 11) is -3.63. The van der Waals surface area contributed by atoms with E-state index in [1.54, 1.807) is 16.3 Å². The molecule has 1 atom stereocenters. The highest BCUT2D eigenvalue weighted by atomic mass is 32.2. The maximum atomic E-state index is 12.3. The zero-order valence-corrected chi connectivity index (χ0v) is 14.4. The first-order valence-electron chi connectivity index (χ1n) is 7.10. The Morgan fingerprint density at radius 2 is 2.26 bits per heavy atom. The normalized spacial score (nSPS) is 18.0. The number of sulfonamides is 1. The van der Waals surface area contributed by atoms with Crippen molar-refractivity contribution in [2.24, 2.45) is 0 Å². The van der Waals surface area contributed by atoms with Crippen LogP contribution >= 0.6 is 11.3 Å². The molecule has 2 aromatic rings. The van der Waals surface area contributed by atoms with Crippen molar-refractivity contribution < 1.29 is 13.2 Å². The van der Waals surface area contributed by atoms with Gasteiger partial charge in [-0.15, -0.1) is 21.5 Å². The van der Waals surface area contributed by atoms with E-state index in [4.69, 9.17) is 0 Å². The van der Waals surface area contributed by atoms with E-state index in [-0.39, 0.29) is 22.7 Å². The summed E-state index contributed by atoms with van der Waals surface area (Å²) in [6.45, 7) is 4.44. The third kappa shape index (κ3) is 3.14. The number of hydrogen-bond donors (Lipinski definition) is 1. The van der Waals surface area contributed by atoms with Gasteiger partial charge in [-0.3, -0.25) is 4.79 Å². The van der Waals surface area contributed by atoms with Crippen LogP contribution in [0.4, 0.5) is 0 Å². The number of rotatable bonds is 4. The van der Waals surface area contributed by atoms with Gasteiger partial charge in [0.1, 0.15) is 10.0 Å². The SMILES string of the molecule is Cc1nnc2n1[C@@H](C)CN(C(=O)CNS(=O)(=O)c1cccs1)C2. The number of nitrogens with zero attached hydrogens (tertiary/aromatic N) is 4. The number of carbonyl (C=O) groups is 1. The molecule has 0 radical (unpaired) electrons. The number of aryl methyl sites for hydroxylation is 1. The zero-order valence-electron chi connectivity index (χ0n) is 12.8. The molecular weight excluding hydrogens is 338 g/mol. The van der Waals surface area contributed by atoms with Crippen LogP contribution in [0, 0.1) is 6.92 Å². The molecule has 0 aromatic carbocycles. The molecule has 2 aromatic heterocycles. The van der Waals surface area contributed by atoms with E-state index < -0.39 is 10.0 Å². The number of hydrogen-bond acceptors (Lipinski definition) is 6. The van der Waals surface area contributed by atoms with Crippen molar-refractivity contribution in [3.05, 3.63) is 29.2 Å². The maximum absolute atomic E-state index is 12.3. The van der Waals surface area contributed by atoms with E-state index in [0.29, 0.717) is 13.1 Å². The number of aromatic nitrogens is 3. The minimum Gasteiger partial charge on any atom is -0.332 e. The van der Waals surface area contributed by atoms with E-state index in [0.717, 1.165) is 23.0 Å². The number of thiophene rings is 1. The van der Waals surface area contributed by atoms with Gasteiger partial charge < -0.3 is 9.47 Å². The van der Waals surface area contributed by atoms with Crippen LogP contribution in [0.3, 0.4) is 0 Å². The van der Waals surface area contributed by atoms with Crippen LogP contribution in [0.5, 0.6) is 0 Å². The van der Waals surface area contributed by atoms with E-state index in [2.05, 4.69) is 14.9 Å². The number of amides is 1. The summed E-state index contributed by atoms with van der Waals surface area (Å²) in [5, 5.41) is 9.78. The van der Waals surface area contributed by atoms with Gasteiger partial charge >= 0.3 is 0 Å². The molecule has 0 aliphatic carbocycles. The zero-order chi connectivity index (χ0) is 16.6. The van der Waals surface area contributed by atoms with E-state index >= 15 is 0 Å². The predicted octanol–water partition coefficient (Wildman–Crippen LogP) is 0.530. The van der Waals surface area contributed by atoms with Crippen molar-refractivity contribution in [1.29, 1.82) is 0 Å². The Morgan fingerprint density at radius 3 is 2.96 bits per heavy atom. The highest BCUT2D eigenvalue weighted by Gasteiger charge is 2.28. The third-order valence-corrected chi connectivity index (χ3v) is 6.52. The van der Waals surface area contributed by atoms with Crippen molar-refractivity contribution in [2.45, 2.75) is 30.6 Å². The van der Waals surface area contributed by atoms with E-state index in [9.17, 15) is 13.2 Å². The Morgan fingerprint density at radius 1 is 1.48 bits per heavy atom. The van der Waals surface area contributed by atoms with Gasteiger partial charge in [0.25, 0.3) is 10.0 Å². The van der Waals surface area contributed by atoms with Crippen molar-refractivity contribution >= 4 is 27.3 Å². The van der Waals surface area contributed by atoms with Crippen molar-refractivity contribution in [3.63, 3.8) is 0 Å². The highest BCUT2D eigenvalue weighted by molar-refractivity contribution is 7.91. The van der Waals surface area contributed by atoms with E-state index in [1.807, 2.05) is 18.4 Å². The predicted molar refractivity (Wildman–Crippen MR) is 84.4 cm³/mol. The molecule has 1 amide bonds. The van der Waals surface area contributed by atoms with Crippen LogP contribution in [0.15, 0.2) is 21.7 Å². The molecule has 0 saturated heterocycles. The third-order valence-electron chi connectivity index (χ3n) is 3.72. The fourth-order valence-corrected chi connectivity index (χ4v) is 4.69. The fourth-order valence-electron chi connectivity index (χ4n) is 2.68. The summed E-state index contributed by atoms with van der Waals surface area (Å²) in [5.41, 5.74) is 0. The molecule has 124 valence electrons. The summed E-state index contributed by atoms with van der Waals surface area (Å²) in [6, 6.07) is 3.22. The average molecular weight is 355 g/mol. The smallest absolute Gasteiger partial charge is 0.250 e. The second kappa shape index (κ2) is 6.02. The van der Waals surface area contributed by atoms with Crippen LogP contribution in [-0.2, 0) is 21.4 Å². The molecule has 1 aliphatic rings. The molecule has 0 spiro atoms. The molecule has 0 fully saturated rings. The molecule has 1 aliphatic heterocycles. The molecule has 1 N–H and O–H groups in total. The summed E-state index contributed by atoms with van der Waals surface area (Å²) in [6.07, 6.45) is 0. The Kier molecular flexibility index (Phi) is 4.21. The first-order chi connectivity index (χ1) is 10.9. The Hall–Kier alpha value is -1.78. The monoisotopic (exact) mass is 355 g/mol. The van der Waals surface area contributed by atoms with Crippen LogP contribution in [0.2, 0.25) is 0 Å². The van der Waals surface area contributed by atoms with Crippen molar-refractivity contribution in [1.82, 2.24) is 24.4 Å². The molecule has 23 heavy (non-hydrogen) atoms. The number of carbonyl (C=O) groups excluding carboxylic acids is 1. The Labute approximate surface area is 138 Å². The molecule has 8 nitrogen and oxygen atoms in total. The Bertz CT molecular complexity index is 813. The van der Waals surface area contributed by atoms with Gasteiger partial charge in [0.2, 0.25) is 5.91 Å². The molecule has 0 unspecified atom stereocenters. The van der Waals surface area contributed by atoms with Gasteiger partial charge in [0.15, 0.2) is 5.82 Å². The molecule has 0 saturated carbocycles. The van der Waals surface area contributed by atoms with Crippen LogP contribution < -0.4 is 4.72 Å². The number of nitrogens with one attached hydrogen (secondary N) is 1. The minimum atomic E-state index is -3.63.